The molecule has 1 amide bonds. The molecule has 1 saturated heterocycles. The van der Waals surface area contributed by atoms with E-state index in [1.165, 1.54) is 6.07 Å². The number of methoxy groups -OCH3 is 1. The highest BCUT2D eigenvalue weighted by Crippen LogP contribution is 2.21. The summed E-state index contributed by atoms with van der Waals surface area (Å²) in [6.07, 6.45) is 1.95. The van der Waals surface area contributed by atoms with Crippen LogP contribution in [-0.4, -0.2) is 49.0 Å². The van der Waals surface area contributed by atoms with Crippen molar-refractivity contribution < 1.29 is 13.9 Å². The Balaban J connectivity index is 1.66. The van der Waals surface area contributed by atoms with E-state index >= 15 is 0 Å². The van der Waals surface area contributed by atoms with Crippen LogP contribution in [0.3, 0.4) is 0 Å². The minimum Gasteiger partial charge on any atom is -0.497 e. The van der Waals surface area contributed by atoms with Gasteiger partial charge in [-0.05, 0) is 43.7 Å². The van der Waals surface area contributed by atoms with Gasteiger partial charge in [-0.25, -0.2) is 4.39 Å². The van der Waals surface area contributed by atoms with Gasteiger partial charge in [-0.1, -0.05) is 24.3 Å². The monoisotopic (exact) mass is 356 g/mol. The highest BCUT2D eigenvalue weighted by Gasteiger charge is 2.27. The molecule has 2 aromatic carbocycles. The average molecular weight is 356 g/mol. The van der Waals surface area contributed by atoms with Crippen LogP contribution in [0.1, 0.15) is 28.8 Å². The molecule has 2 aromatic rings. The van der Waals surface area contributed by atoms with Crippen LogP contribution < -0.4 is 4.74 Å². The molecular weight excluding hydrogens is 331 g/mol. The Labute approximate surface area is 154 Å². The average Bonchev–Trinajstić information content (AvgIpc) is 2.69. The Morgan fingerprint density at radius 1 is 1.27 bits per heavy atom. The van der Waals surface area contributed by atoms with Crippen molar-refractivity contribution in [3.8, 4) is 5.75 Å². The molecule has 4 nitrogen and oxygen atoms in total. The Hall–Kier alpha value is -2.40. The first-order chi connectivity index (χ1) is 12.6. The zero-order chi connectivity index (χ0) is 18.5. The van der Waals surface area contributed by atoms with Gasteiger partial charge in [0, 0.05) is 37.3 Å². The van der Waals surface area contributed by atoms with Crippen molar-refractivity contribution in [3.05, 3.63) is 65.5 Å². The lowest BCUT2D eigenvalue weighted by Crippen LogP contribution is -2.48. The number of halogens is 1. The number of nitrogens with zero attached hydrogens (tertiary/aromatic N) is 2. The van der Waals surface area contributed by atoms with E-state index in [4.69, 9.17) is 4.74 Å². The fourth-order valence-corrected chi connectivity index (χ4v) is 3.48. The third-order valence-electron chi connectivity index (χ3n) is 5.02. The van der Waals surface area contributed by atoms with Crippen LogP contribution in [0.25, 0.3) is 0 Å². The van der Waals surface area contributed by atoms with Gasteiger partial charge in [0.05, 0.1) is 7.11 Å². The molecule has 0 bridgehead atoms. The van der Waals surface area contributed by atoms with Crippen LogP contribution in [0.4, 0.5) is 4.39 Å². The minimum absolute atomic E-state index is 0.0124. The number of piperidine rings is 1. The second kappa shape index (κ2) is 8.32. The van der Waals surface area contributed by atoms with Gasteiger partial charge >= 0.3 is 0 Å². The number of likely N-dealkylation sites (tertiary alicyclic amines) is 1. The number of rotatable bonds is 5. The number of hydrogen-bond acceptors (Lipinski definition) is 3. The second-order valence-electron chi connectivity index (χ2n) is 6.77. The zero-order valence-electron chi connectivity index (χ0n) is 15.3. The van der Waals surface area contributed by atoms with Crippen LogP contribution in [0.15, 0.2) is 48.5 Å². The van der Waals surface area contributed by atoms with Gasteiger partial charge < -0.3 is 9.64 Å². The van der Waals surface area contributed by atoms with Crippen molar-refractivity contribution in [1.29, 1.82) is 0 Å². The molecule has 5 heteroatoms. The van der Waals surface area contributed by atoms with Gasteiger partial charge in [-0.3, -0.25) is 9.69 Å². The van der Waals surface area contributed by atoms with Crippen molar-refractivity contribution in [1.82, 2.24) is 9.80 Å². The lowest BCUT2D eigenvalue weighted by Gasteiger charge is -2.37. The maximum absolute atomic E-state index is 13.9. The molecule has 0 radical (unpaired) electrons. The second-order valence-corrected chi connectivity index (χ2v) is 6.77. The van der Waals surface area contributed by atoms with Crippen LogP contribution >= 0.6 is 0 Å². The summed E-state index contributed by atoms with van der Waals surface area (Å²) in [4.78, 5) is 16.9. The van der Waals surface area contributed by atoms with E-state index in [1.807, 2.05) is 36.2 Å². The first-order valence-electron chi connectivity index (χ1n) is 8.95. The maximum Gasteiger partial charge on any atom is 0.254 e. The molecule has 3 rings (SSSR count). The van der Waals surface area contributed by atoms with Gasteiger partial charge in [0.2, 0.25) is 0 Å². The normalized spacial score (nSPS) is 17.7. The number of benzene rings is 2. The lowest BCUT2D eigenvalue weighted by molar-refractivity contribution is 0.0607. The summed E-state index contributed by atoms with van der Waals surface area (Å²) in [7, 11) is 3.44. The molecule has 1 aliphatic rings. The fraction of sp³-hybridized carbons (Fsp3) is 0.381. The number of likely N-dealkylation sites (N-methyl/N-ethyl adjacent to an activating group) is 1. The molecule has 0 spiro atoms. The van der Waals surface area contributed by atoms with Crippen molar-refractivity contribution in [2.24, 2.45) is 0 Å². The number of hydrogen-bond donors (Lipinski definition) is 0. The molecule has 0 aromatic heterocycles. The number of carbonyl (C=O) groups excluding carboxylic acids is 1. The summed E-state index contributed by atoms with van der Waals surface area (Å²) in [6.45, 7) is 2.25. The molecule has 0 aliphatic carbocycles. The van der Waals surface area contributed by atoms with Gasteiger partial charge in [0.15, 0.2) is 0 Å². The van der Waals surface area contributed by atoms with E-state index in [2.05, 4.69) is 4.90 Å². The van der Waals surface area contributed by atoms with E-state index in [9.17, 15) is 9.18 Å². The molecule has 0 saturated carbocycles. The van der Waals surface area contributed by atoms with Gasteiger partial charge in [0.1, 0.15) is 11.6 Å². The Morgan fingerprint density at radius 3 is 2.85 bits per heavy atom. The molecule has 138 valence electrons. The zero-order valence-corrected chi connectivity index (χ0v) is 15.3. The molecule has 1 heterocycles. The van der Waals surface area contributed by atoms with Gasteiger partial charge in [0.25, 0.3) is 5.91 Å². The molecule has 1 fully saturated rings. The summed E-state index contributed by atoms with van der Waals surface area (Å²) in [6, 6.07) is 14.2. The Morgan fingerprint density at radius 2 is 2.08 bits per heavy atom. The van der Waals surface area contributed by atoms with E-state index in [0.29, 0.717) is 23.4 Å². The summed E-state index contributed by atoms with van der Waals surface area (Å²) >= 11 is 0. The quantitative estimate of drug-likeness (QED) is 0.821. The van der Waals surface area contributed by atoms with Crippen molar-refractivity contribution in [2.75, 3.05) is 27.2 Å². The third kappa shape index (κ3) is 4.22. The minimum atomic E-state index is -0.171. The van der Waals surface area contributed by atoms with E-state index in [0.717, 1.165) is 25.9 Å². The predicted octanol–water partition coefficient (Wildman–Crippen LogP) is 3.57. The van der Waals surface area contributed by atoms with Gasteiger partial charge in [-0.2, -0.15) is 0 Å². The topological polar surface area (TPSA) is 32.8 Å². The molecule has 0 N–H and O–H groups in total. The molecule has 1 atom stereocenters. The van der Waals surface area contributed by atoms with Crippen molar-refractivity contribution in [2.45, 2.75) is 25.4 Å². The smallest absolute Gasteiger partial charge is 0.254 e. The fourth-order valence-electron chi connectivity index (χ4n) is 3.48. The Bertz CT molecular complexity index is 765. The molecule has 1 unspecified atom stereocenters. The van der Waals surface area contributed by atoms with Crippen LogP contribution in [0.5, 0.6) is 5.75 Å². The first-order valence-corrected chi connectivity index (χ1v) is 8.95. The molecule has 26 heavy (non-hydrogen) atoms. The lowest BCUT2D eigenvalue weighted by atomic mass is 10.0. The maximum atomic E-state index is 13.9. The molecule has 1 aliphatic heterocycles. The highest BCUT2D eigenvalue weighted by molar-refractivity contribution is 5.94. The van der Waals surface area contributed by atoms with Crippen molar-refractivity contribution >= 4 is 5.91 Å². The summed E-state index contributed by atoms with van der Waals surface area (Å²) in [5.74, 6) is 0.492. The predicted molar refractivity (Wildman–Crippen MR) is 99.8 cm³/mol. The summed E-state index contributed by atoms with van der Waals surface area (Å²) in [5, 5.41) is 0. The SMILES string of the molecule is COc1cccc(C(=O)N(C)C2CCCN(Cc3ccccc3F)C2)c1. The van der Waals surface area contributed by atoms with Crippen LogP contribution in [0, 0.1) is 5.82 Å². The van der Waals surface area contributed by atoms with E-state index < -0.39 is 0 Å². The first kappa shape index (κ1) is 18.4. The van der Waals surface area contributed by atoms with E-state index in [1.54, 1.807) is 25.3 Å². The number of carbonyl (C=O) groups is 1. The largest absolute Gasteiger partial charge is 0.497 e. The van der Waals surface area contributed by atoms with Gasteiger partial charge in [-0.15, -0.1) is 0 Å². The standard InChI is InChI=1S/C21H25FN2O2/c1-23(21(25)16-8-5-10-19(13-16)26-2)18-9-6-12-24(15-18)14-17-7-3-4-11-20(17)22/h3-5,7-8,10-11,13,18H,6,9,12,14-15H2,1-2H3. The van der Waals surface area contributed by atoms with Crippen LogP contribution in [0.2, 0.25) is 0 Å². The van der Waals surface area contributed by atoms with E-state index in [-0.39, 0.29) is 17.8 Å². The number of amides is 1. The summed E-state index contributed by atoms with van der Waals surface area (Å²) < 4.78 is 19.1. The Kier molecular flexibility index (Phi) is 5.89. The molecular formula is C21H25FN2O2. The highest BCUT2D eigenvalue weighted by atomic mass is 19.1. The summed E-state index contributed by atoms with van der Waals surface area (Å²) in [5.41, 5.74) is 1.33. The third-order valence-corrected chi connectivity index (χ3v) is 5.02. The van der Waals surface area contributed by atoms with Crippen molar-refractivity contribution in [3.63, 3.8) is 0 Å². The number of ether oxygens (including phenoxy) is 1. The van der Waals surface area contributed by atoms with Crippen LogP contribution in [-0.2, 0) is 6.54 Å².